The van der Waals surface area contributed by atoms with Crippen molar-refractivity contribution in [3.8, 4) is 0 Å². The summed E-state index contributed by atoms with van der Waals surface area (Å²) in [5.41, 5.74) is 7.79. The number of carbonyl (C=O) groups is 1. The Bertz CT molecular complexity index is 641. The van der Waals surface area contributed by atoms with E-state index in [9.17, 15) is 4.79 Å². The largest absolute Gasteiger partial charge is 0.322 e. The standard InChI is InChI=1S/C16H21N3OS/c1-10(17)15-18-9-13(21-15)14(20)19-12-7-5-6-11(8-12)16(2,3)4/h5-10H,17H2,1-4H3,(H,19,20). The summed E-state index contributed by atoms with van der Waals surface area (Å²) in [4.78, 5) is 17.0. The Morgan fingerprint density at radius 3 is 2.67 bits per heavy atom. The summed E-state index contributed by atoms with van der Waals surface area (Å²) in [6.45, 7) is 8.29. The molecule has 1 heterocycles. The maximum Gasteiger partial charge on any atom is 0.267 e. The summed E-state index contributed by atoms with van der Waals surface area (Å²) in [5, 5.41) is 3.68. The van der Waals surface area contributed by atoms with Gasteiger partial charge in [-0.25, -0.2) is 4.98 Å². The number of carbonyl (C=O) groups excluding carboxylic acids is 1. The minimum Gasteiger partial charge on any atom is -0.322 e. The number of nitrogens with one attached hydrogen (secondary N) is 1. The molecule has 0 saturated carbocycles. The van der Waals surface area contributed by atoms with Gasteiger partial charge < -0.3 is 11.1 Å². The molecule has 112 valence electrons. The van der Waals surface area contributed by atoms with Crippen molar-refractivity contribution < 1.29 is 4.79 Å². The second-order valence-corrected chi connectivity index (χ2v) is 7.20. The van der Waals surface area contributed by atoms with Gasteiger partial charge in [0.2, 0.25) is 0 Å². The molecule has 0 bridgehead atoms. The molecule has 0 fully saturated rings. The van der Waals surface area contributed by atoms with Crippen LogP contribution in [0.5, 0.6) is 0 Å². The van der Waals surface area contributed by atoms with Crippen molar-refractivity contribution >= 4 is 22.9 Å². The number of amides is 1. The molecule has 21 heavy (non-hydrogen) atoms. The molecule has 1 unspecified atom stereocenters. The van der Waals surface area contributed by atoms with Crippen molar-refractivity contribution in [3.05, 3.63) is 45.9 Å². The van der Waals surface area contributed by atoms with E-state index in [2.05, 4.69) is 37.1 Å². The molecule has 0 spiro atoms. The molecular weight excluding hydrogens is 282 g/mol. The van der Waals surface area contributed by atoms with Crippen molar-refractivity contribution in [1.29, 1.82) is 0 Å². The lowest BCUT2D eigenvalue weighted by Gasteiger charge is -2.19. The summed E-state index contributed by atoms with van der Waals surface area (Å²) in [5.74, 6) is -0.148. The minimum atomic E-state index is -0.152. The highest BCUT2D eigenvalue weighted by molar-refractivity contribution is 7.13. The van der Waals surface area contributed by atoms with Crippen LogP contribution in [0, 0.1) is 0 Å². The smallest absolute Gasteiger partial charge is 0.267 e. The summed E-state index contributed by atoms with van der Waals surface area (Å²) in [6, 6.07) is 7.76. The van der Waals surface area contributed by atoms with Crippen LogP contribution in [0.4, 0.5) is 5.69 Å². The van der Waals surface area contributed by atoms with Gasteiger partial charge in [-0.15, -0.1) is 11.3 Å². The maximum atomic E-state index is 12.2. The van der Waals surface area contributed by atoms with Gasteiger partial charge >= 0.3 is 0 Å². The van der Waals surface area contributed by atoms with Gasteiger partial charge in [0, 0.05) is 5.69 Å². The Kier molecular flexibility index (Phi) is 4.44. The van der Waals surface area contributed by atoms with Crippen LogP contribution in [0.25, 0.3) is 0 Å². The van der Waals surface area contributed by atoms with E-state index in [1.807, 2.05) is 25.1 Å². The predicted molar refractivity (Wildman–Crippen MR) is 87.8 cm³/mol. The van der Waals surface area contributed by atoms with Gasteiger partial charge in [-0.1, -0.05) is 32.9 Å². The molecule has 1 aromatic heterocycles. The monoisotopic (exact) mass is 303 g/mol. The molecule has 0 aliphatic carbocycles. The van der Waals surface area contributed by atoms with Crippen LogP contribution in [0.1, 0.15) is 54.0 Å². The van der Waals surface area contributed by atoms with Crippen LogP contribution in [0.2, 0.25) is 0 Å². The molecule has 0 radical (unpaired) electrons. The topological polar surface area (TPSA) is 68.0 Å². The molecule has 0 aliphatic heterocycles. The van der Waals surface area contributed by atoms with E-state index < -0.39 is 0 Å². The van der Waals surface area contributed by atoms with Gasteiger partial charge in [0.05, 0.1) is 12.2 Å². The van der Waals surface area contributed by atoms with E-state index >= 15 is 0 Å². The zero-order valence-electron chi connectivity index (χ0n) is 12.8. The number of rotatable bonds is 3. The van der Waals surface area contributed by atoms with Crippen molar-refractivity contribution in [2.24, 2.45) is 5.73 Å². The summed E-state index contributed by atoms with van der Waals surface area (Å²) in [6.07, 6.45) is 1.58. The summed E-state index contributed by atoms with van der Waals surface area (Å²) >= 11 is 1.33. The van der Waals surface area contributed by atoms with Crippen LogP contribution in [0.3, 0.4) is 0 Å². The highest BCUT2D eigenvalue weighted by atomic mass is 32.1. The van der Waals surface area contributed by atoms with Crippen molar-refractivity contribution in [2.45, 2.75) is 39.2 Å². The van der Waals surface area contributed by atoms with Crippen LogP contribution in [-0.2, 0) is 5.41 Å². The van der Waals surface area contributed by atoms with Crippen LogP contribution < -0.4 is 11.1 Å². The van der Waals surface area contributed by atoms with E-state index in [1.165, 1.54) is 16.9 Å². The van der Waals surface area contributed by atoms with Crippen molar-refractivity contribution in [3.63, 3.8) is 0 Å². The first-order valence-corrected chi connectivity index (χ1v) is 7.72. The lowest BCUT2D eigenvalue weighted by Crippen LogP contribution is -2.14. The second-order valence-electron chi connectivity index (χ2n) is 6.14. The Labute approximate surface area is 129 Å². The van der Waals surface area contributed by atoms with Crippen LogP contribution in [0.15, 0.2) is 30.5 Å². The van der Waals surface area contributed by atoms with Gasteiger partial charge in [-0.3, -0.25) is 4.79 Å². The number of hydrogen-bond acceptors (Lipinski definition) is 4. The van der Waals surface area contributed by atoms with Crippen LogP contribution >= 0.6 is 11.3 Å². The number of anilines is 1. The first kappa shape index (κ1) is 15.7. The summed E-state index contributed by atoms with van der Waals surface area (Å²) < 4.78 is 0. The molecule has 3 N–H and O–H groups in total. The fourth-order valence-corrected chi connectivity index (χ4v) is 2.63. The fraction of sp³-hybridized carbons (Fsp3) is 0.375. The van der Waals surface area contributed by atoms with Crippen molar-refractivity contribution in [2.75, 3.05) is 5.32 Å². The molecule has 1 atom stereocenters. The zero-order chi connectivity index (χ0) is 15.6. The van der Waals surface area contributed by atoms with Gasteiger partial charge in [-0.05, 0) is 30.0 Å². The normalized spacial score (nSPS) is 13.0. The van der Waals surface area contributed by atoms with E-state index in [-0.39, 0.29) is 17.4 Å². The predicted octanol–water partition coefficient (Wildman–Crippen LogP) is 3.71. The van der Waals surface area contributed by atoms with E-state index in [0.29, 0.717) is 4.88 Å². The highest BCUT2D eigenvalue weighted by Crippen LogP contribution is 2.25. The fourth-order valence-electron chi connectivity index (χ4n) is 1.86. The molecule has 2 aromatic rings. The molecule has 1 amide bonds. The Balaban J connectivity index is 2.15. The number of aromatic nitrogens is 1. The third-order valence-electron chi connectivity index (χ3n) is 3.12. The number of nitrogens with zero attached hydrogens (tertiary/aromatic N) is 1. The zero-order valence-corrected chi connectivity index (χ0v) is 13.6. The van der Waals surface area contributed by atoms with E-state index in [1.54, 1.807) is 6.20 Å². The van der Waals surface area contributed by atoms with Gasteiger partial charge in [0.1, 0.15) is 9.88 Å². The molecule has 5 heteroatoms. The third kappa shape index (κ3) is 3.89. The lowest BCUT2D eigenvalue weighted by atomic mass is 9.87. The molecule has 4 nitrogen and oxygen atoms in total. The highest BCUT2D eigenvalue weighted by Gasteiger charge is 2.16. The quantitative estimate of drug-likeness (QED) is 0.908. The number of thiazole rings is 1. The Morgan fingerprint density at radius 1 is 1.38 bits per heavy atom. The van der Waals surface area contributed by atoms with E-state index in [0.717, 1.165) is 10.7 Å². The SMILES string of the molecule is CC(N)c1ncc(C(=O)Nc2cccc(C(C)(C)C)c2)s1. The second kappa shape index (κ2) is 5.95. The van der Waals surface area contributed by atoms with E-state index in [4.69, 9.17) is 5.73 Å². The molecule has 0 aliphatic rings. The number of nitrogens with two attached hydrogens (primary N) is 1. The number of benzene rings is 1. The molecular formula is C16H21N3OS. The minimum absolute atomic E-state index is 0.0490. The van der Waals surface area contributed by atoms with Gasteiger partial charge in [0.15, 0.2) is 0 Å². The molecule has 2 rings (SSSR count). The lowest BCUT2D eigenvalue weighted by molar-refractivity contribution is 0.103. The van der Waals surface area contributed by atoms with Gasteiger partial charge in [-0.2, -0.15) is 0 Å². The number of hydrogen-bond donors (Lipinski definition) is 2. The summed E-state index contributed by atoms with van der Waals surface area (Å²) in [7, 11) is 0. The average Bonchev–Trinajstić information content (AvgIpc) is 2.88. The van der Waals surface area contributed by atoms with Gasteiger partial charge in [0.25, 0.3) is 5.91 Å². The molecule has 0 saturated heterocycles. The van der Waals surface area contributed by atoms with Crippen LogP contribution in [-0.4, -0.2) is 10.9 Å². The Hall–Kier alpha value is -1.72. The van der Waals surface area contributed by atoms with Crippen molar-refractivity contribution in [1.82, 2.24) is 4.98 Å². The Morgan fingerprint density at radius 2 is 2.10 bits per heavy atom. The third-order valence-corrected chi connectivity index (χ3v) is 4.32. The molecule has 1 aromatic carbocycles. The average molecular weight is 303 g/mol. The first-order chi connectivity index (χ1) is 9.77. The maximum absolute atomic E-state index is 12.2. The first-order valence-electron chi connectivity index (χ1n) is 6.90.